The first-order valence-corrected chi connectivity index (χ1v) is 9.12. The fourth-order valence-electron chi connectivity index (χ4n) is 2.60. The topological polar surface area (TPSA) is 74.2 Å². The zero-order valence-corrected chi connectivity index (χ0v) is 14.6. The van der Waals surface area contributed by atoms with E-state index in [2.05, 4.69) is 37.5 Å². The van der Waals surface area contributed by atoms with Gasteiger partial charge in [-0.3, -0.25) is 0 Å². The first-order valence-electron chi connectivity index (χ1n) is 8.24. The van der Waals surface area contributed by atoms with E-state index < -0.39 is 0 Å². The van der Waals surface area contributed by atoms with Crippen LogP contribution < -0.4 is 10.2 Å². The maximum atomic E-state index is 12.2. The number of anilines is 1. The minimum Gasteiger partial charge on any atom is -0.338 e. The summed E-state index contributed by atoms with van der Waals surface area (Å²) in [5.74, 6) is 0.729. The predicted molar refractivity (Wildman–Crippen MR) is 94.4 cm³/mol. The van der Waals surface area contributed by atoms with E-state index >= 15 is 0 Å². The smallest absolute Gasteiger partial charge is 0.317 e. The second kappa shape index (κ2) is 8.05. The van der Waals surface area contributed by atoms with Crippen molar-refractivity contribution in [1.82, 2.24) is 25.2 Å². The maximum absolute atomic E-state index is 12.2. The molecule has 1 aliphatic heterocycles. The van der Waals surface area contributed by atoms with Crippen LogP contribution in [0.1, 0.15) is 17.6 Å². The number of nitrogens with one attached hydrogen (secondary N) is 1. The van der Waals surface area contributed by atoms with Crippen LogP contribution in [-0.4, -0.2) is 58.6 Å². The van der Waals surface area contributed by atoms with Gasteiger partial charge in [-0.1, -0.05) is 6.92 Å². The molecule has 0 radical (unpaired) electrons. The highest BCUT2D eigenvalue weighted by atomic mass is 32.1. The first kappa shape index (κ1) is 16.6. The second-order valence-corrected chi connectivity index (χ2v) is 6.53. The van der Waals surface area contributed by atoms with Crippen LogP contribution in [0.5, 0.6) is 0 Å². The number of thiazole rings is 1. The molecule has 3 rings (SSSR count). The standard InChI is InChI=1S/C16H22N6OS/c1-2-14-20-13(12-24-14)4-7-19-16(23)22-10-8-21(9-11-22)15-17-5-3-6-18-15/h3,5-6,12H,2,4,7-11H2,1H3,(H,19,23). The van der Waals surface area contributed by atoms with Gasteiger partial charge in [0, 0.05) is 56.9 Å². The predicted octanol–water partition coefficient (Wildman–Crippen LogP) is 1.57. The number of rotatable bonds is 5. The Balaban J connectivity index is 1.40. The summed E-state index contributed by atoms with van der Waals surface area (Å²) in [4.78, 5) is 29.2. The third-order valence-electron chi connectivity index (χ3n) is 3.96. The summed E-state index contributed by atoms with van der Waals surface area (Å²) in [6, 6.07) is 1.80. The molecule has 7 nitrogen and oxygen atoms in total. The van der Waals surface area contributed by atoms with Gasteiger partial charge in [0.15, 0.2) is 0 Å². The highest BCUT2D eigenvalue weighted by molar-refractivity contribution is 7.09. The number of hydrogen-bond acceptors (Lipinski definition) is 6. The van der Waals surface area contributed by atoms with Crippen LogP contribution in [0.4, 0.5) is 10.7 Å². The molecule has 2 amide bonds. The number of aromatic nitrogens is 3. The van der Waals surface area contributed by atoms with Crippen LogP contribution in [0.25, 0.3) is 0 Å². The monoisotopic (exact) mass is 346 g/mol. The highest BCUT2D eigenvalue weighted by Crippen LogP contribution is 2.11. The lowest BCUT2D eigenvalue weighted by Crippen LogP contribution is -2.52. The molecule has 24 heavy (non-hydrogen) atoms. The van der Waals surface area contributed by atoms with Gasteiger partial charge in [0.2, 0.25) is 5.95 Å². The van der Waals surface area contributed by atoms with Crippen LogP contribution >= 0.6 is 11.3 Å². The van der Waals surface area contributed by atoms with Crippen LogP contribution in [0, 0.1) is 0 Å². The Morgan fingerprint density at radius 2 is 2.00 bits per heavy atom. The van der Waals surface area contributed by atoms with Gasteiger partial charge in [-0.15, -0.1) is 11.3 Å². The molecule has 1 aliphatic rings. The molecule has 1 saturated heterocycles. The molecule has 0 atom stereocenters. The maximum Gasteiger partial charge on any atom is 0.317 e. The molecule has 2 aromatic rings. The van der Waals surface area contributed by atoms with Crippen molar-refractivity contribution in [2.75, 3.05) is 37.6 Å². The van der Waals surface area contributed by atoms with Crippen LogP contribution in [0.3, 0.4) is 0 Å². The summed E-state index contributed by atoms with van der Waals surface area (Å²) in [7, 11) is 0. The summed E-state index contributed by atoms with van der Waals surface area (Å²) < 4.78 is 0. The normalized spacial score (nSPS) is 14.7. The molecule has 0 aliphatic carbocycles. The number of hydrogen-bond donors (Lipinski definition) is 1. The number of urea groups is 1. The average molecular weight is 346 g/mol. The Morgan fingerprint density at radius 3 is 2.67 bits per heavy atom. The average Bonchev–Trinajstić information content (AvgIpc) is 3.10. The molecule has 1 N–H and O–H groups in total. The van der Waals surface area contributed by atoms with Crippen LogP contribution in [0.2, 0.25) is 0 Å². The third-order valence-corrected chi connectivity index (χ3v) is 5.00. The quantitative estimate of drug-likeness (QED) is 0.889. The number of nitrogens with zero attached hydrogens (tertiary/aromatic N) is 5. The molecule has 1 fully saturated rings. The highest BCUT2D eigenvalue weighted by Gasteiger charge is 2.22. The summed E-state index contributed by atoms with van der Waals surface area (Å²) in [6.07, 6.45) is 5.22. The molecular formula is C16H22N6OS. The molecule has 8 heteroatoms. The van der Waals surface area contributed by atoms with Gasteiger partial charge in [-0.25, -0.2) is 19.7 Å². The van der Waals surface area contributed by atoms with Crippen LogP contribution in [0.15, 0.2) is 23.8 Å². The molecule has 3 heterocycles. The van der Waals surface area contributed by atoms with Gasteiger partial charge >= 0.3 is 6.03 Å². The fraction of sp³-hybridized carbons (Fsp3) is 0.500. The SMILES string of the molecule is CCc1nc(CCNC(=O)N2CCN(c3ncccn3)CC2)cs1. The van der Waals surface area contributed by atoms with Crippen molar-refractivity contribution in [3.63, 3.8) is 0 Å². The van der Waals surface area contributed by atoms with Crippen molar-refractivity contribution in [2.45, 2.75) is 19.8 Å². The van der Waals surface area contributed by atoms with Crippen molar-refractivity contribution < 1.29 is 4.79 Å². The fourth-order valence-corrected chi connectivity index (χ4v) is 3.38. The van der Waals surface area contributed by atoms with Crippen molar-refractivity contribution in [2.24, 2.45) is 0 Å². The lowest BCUT2D eigenvalue weighted by Gasteiger charge is -2.34. The first-order chi connectivity index (χ1) is 11.8. The summed E-state index contributed by atoms with van der Waals surface area (Å²) in [5.41, 5.74) is 1.06. The van der Waals surface area contributed by atoms with E-state index in [9.17, 15) is 4.79 Å². The van der Waals surface area contributed by atoms with Crippen molar-refractivity contribution >= 4 is 23.3 Å². The number of piperazine rings is 1. The van der Waals surface area contributed by atoms with E-state index in [1.54, 1.807) is 29.8 Å². The molecule has 0 aromatic carbocycles. The molecule has 0 bridgehead atoms. The van der Waals surface area contributed by atoms with Gasteiger partial charge in [0.1, 0.15) is 0 Å². The summed E-state index contributed by atoms with van der Waals surface area (Å²) >= 11 is 1.68. The van der Waals surface area contributed by atoms with Crippen molar-refractivity contribution in [3.05, 3.63) is 34.5 Å². The van der Waals surface area contributed by atoms with Gasteiger partial charge < -0.3 is 15.1 Å². The Kier molecular flexibility index (Phi) is 5.58. The zero-order chi connectivity index (χ0) is 16.8. The second-order valence-electron chi connectivity index (χ2n) is 5.59. The number of carbonyl (C=O) groups excluding carboxylic acids is 1. The third kappa shape index (κ3) is 4.19. The van der Waals surface area contributed by atoms with Gasteiger partial charge in [-0.2, -0.15) is 0 Å². The minimum atomic E-state index is -0.00502. The van der Waals surface area contributed by atoms with E-state index in [0.717, 1.165) is 42.6 Å². The number of carbonyl (C=O) groups is 1. The Bertz CT molecular complexity index is 654. The van der Waals surface area contributed by atoms with E-state index in [1.165, 1.54) is 0 Å². The van der Waals surface area contributed by atoms with Gasteiger partial charge in [0.25, 0.3) is 0 Å². The van der Waals surface area contributed by atoms with E-state index in [-0.39, 0.29) is 6.03 Å². The Labute approximate surface area is 145 Å². The minimum absolute atomic E-state index is 0.00502. The lowest BCUT2D eigenvalue weighted by molar-refractivity contribution is 0.194. The zero-order valence-electron chi connectivity index (χ0n) is 13.8. The molecule has 0 spiro atoms. The van der Waals surface area contributed by atoms with Gasteiger partial charge in [-0.05, 0) is 12.5 Å². The number of amides is 2. The van der Waals surface area contributed by atoms with Crippen molar-refractivity contribution in [1.29, 1.82) is 0 Å². The molecular weight excluding hydrogens is 324 g/mol. The Morgan fingerprint density at radius 1 is 1.25 bits per heavy atom. The van der Waals surface area contributed by atoms with Crippen molar-refractivity contribution in [3.8, 4) is 0 Å². The number of aryl methyl sites for hydroxylation is 1. The summed E-state index contributed by atoms with van der Waals surface area (Å²) in [5, 5.41) is 6.21. The van der Waals surface area contributed by atoms with E-state index in [0.29, 0.717) is 19.6 Å². The van der Waals surface area contributed by atoms with Gasteiger partial charge in [0.05, 0.1) is 10.7 Å². The molecule has 2 aromatic heterocycles. The van der Waals surface area contributed by atoms with E-state index in [4.69, 9.17) is 0 Å². The molecule has 128 valence electrons. The molecule has 0 unspecified atom stereocenters. The molecule has 0 saturated carbocycles. The largest absolute Gasteiger partial charge is 0.338 e. The van der Waals surface area contributed by atoms with E-state index in [1.807, 2.05) is 4.90 Å². The summed E-state index contributed by atoms with van der Waals surface area (Å²) in [6.45, 7) is 5.59. The lowest BCUT2D eigenvalue weighted by atomic mass is 10.3. The van der Waals surface area contributed by atoms with Crippen LogP contribution in [-0.2, 0) is 12.8 Å². The Hall–Kier alpha value is -2.22.